The van der Waals surface area contributed by atoms with Crippen LogP contribution in [0, 0.1) is 0 Å². The van der Waals surface area contributed by atoms with E-state index in [-0.39, 0.29) is 10.8 Å². The molecule has 0 saturated carbocycles. The van der Waals surface area contributed by atoms with E-state index in [0.717, 1.165) is 0 Å². The van der Waals surface area contributed by atoms with E-state index in [2.05, 4.69) is 160 Å². The third kappa shape index (κ3) is 3.41. The van der Waals surface area contributed by atoms with Crippen LogP contribution in [0.15, 0.2) is 127 Å². The first-order chi connectivity index (χ1) is 21.3. The third-order valence-corrected chi connectivity index (χ3v) is 11.9. The summed E-state index contributed by atoms with van der Waals surface area (Å²) >= 11 is 1.91. The minimum atomic E-state index is -0.0201. The van der Waals surface area contributed by atoms with Crippen LogP contribution in [-0.4, -0.2) is 4.57 Å². The average Bonchev–Trinajstić information content (AvgIpc) is 3.59. The molecular formula is C42H33NS. The Balaban J connectivity index is 1.20. The molecule has 0 amide bonds. The molecule has 0 N–H and O–H groups in total. The Morgan fingerprint density at radius 3 is 1.73 bits per heavy atom. The highest BCUT2D eigenvalue weighted by Crippen LogP contribution is 2.56. The molecular weight excluding hydrogens is 551 g/mol. The van der Waals surface area contributed by atoms with E-state index in [9.17, 15) is 0 Å². The zero-order valence-corrected chi connectivity index (χ0v) is 26.3. The number of rotatable bonds is 2. The molecule has 1 aliphatic rings. The van der Waals surface area contributed by atoms with Gasteiger partial charge in [-0.25, -0.2) is 0 Å². The predicted molar refractivity (Wildman–Crippen MR) is 191 cm³/mol. The quantitative estimate of drug-likeness (QED) is 0.191. The van der Waals surface area contributed by atoms with E-state index >= 15 is 0 Å². The Hall–Kier alpha value is -4.66. The number of fused-ring (bicyclic) bond motifs is 9. The number of aromatic nitrogens is 1. The molecule has 1 nitrogen and oxygen atoms in total. The SMILES string of the molecule is CC1(C)c2ccc(-c3ccc(-n4c5ccccc5c5ccccc54)cc3)cc2-c2cc3sc4ccccc4c3cc2C1(C)C. The standard InChI is InChI=1S/C42H33NS/c1-41(2)35-22-19-27(23-32(35)33-25-40-34(24-36(33)42(41,3)4)31-13-7-10-16-39(31)44-40)26-17-20-28(21-18-26)43-37-14-8-5-11-29(37)30-12-6-9-15-38(30)43/h5-25H,1-4H3. The lowest BCUT2D eigenvalue weighted by molar-refractivity contribution is 0.299. The van der Waals surface area contributed by atoms with Crippen LogP contribution in [0.4, 0.5) is 0 Å². The van der Waals surface area contributed by atoms with Crippen molar-refractivity contribution in [2.45, 2.75) is 38.5 Å². The molecule has 0 aliphatic heterocycles. The maximum atomic E-state index is 2.50. The van der Waals surface area contributed by atoms with Gasteiger partial charge in [-0.3, -0.25) is 0 Å². The number of para-hydroxylation sites is 2. The van der Waals surface area contributed by atoms with Crippen LogP contribution in [0.2, 0.25) is 0 Å². The van der Waals surface area contributed by atoms with Crippen molar-refractivity contribution >= 4 is 53.3 Å². The lowest BCUT2D eigenvalue weighted by Gasteiger charge is -2.48. The smallest absolute Gasteiger partial charge is 0.0541 e. The first kappa shape index (κ1) is 25.8. The number of thiophene rings is 1. The summed E-state index contributed by atoms with van der Waals surface area (Å²) in [5.41, 5.74) is 11.8. The Labute approximate surface area is 262 Å². The summed E-state index contributed by atoms with van der Waals surface area (Å²) in [4.78, 5) is 0. The van der Waals surface area contributed by atoms with E-state index in [0.29, 0.717) is 0 Å². The molecule has 2 aromatic heterocycles. The van der Waals surface area contributed by atoms with Crippen molar-refractivity contribution in [3.8, 4) is 27.9 Å². The molecule has 8 aromatic rings. The molecule has 0 saturated heterocycles. The molecule has 6 aromatic carbocycles. The van der Waals surface area contributed by atoms with Gasteiger partial charge in [-0.2, -0.15) is 0 Å². The van der Waals surface area contributed by atoms with Crippen LogP contribution in [-0.2, 0) is 10.8 Å². The summed E-state index contributed by atoms with van der Waals surface area (Å²) in [6.45, 7) is 9.70. The van der Waals surface area contributed by atoms with Gasteiger partial charge in [0.05, 0.1) is 11.0 Å². The lowest BCUT2D eigenvalue weighted by Crippen LogP contribution is -2.43. The zero-order chi connectivity index (χ0) is 29.8. The first-order valence-electron chi connectivity index (χ1n) is 15.5. The third-order valence-electron chi connectivity index (χ3n) is 10.8. The molecule has 2 heteroatoms. The van der Waals surface area contributed by atoms with Crippen molar-refractivity contribution in [3.63, 3.8) is 0 Å². The predicted octanol–water partition coefficient (Wildman–Crippen LogP) is 12.1. The second-order valence-electron chi connectivity index (χ2n) is 13.4. The van der Waals surface area contributed by atoms with Crippen molar-refractivity contribution in [1.29, 1.82) is 0 Å². The molecule has 1 aliphatic carbocycles. The largest absolute Gasteiger partial charge is 0.309 e. The molecule has 9 rings (SSSR count). The van der Waals surface area contributed by atoms with Crippen molar-refractivity contribution in [1.82, 2.24) is 4.57 Å². The highest BCUT2D eigenvalue weighted by Gasteiger charge is 2.46. The van der Waals surface area contributed by atoms with Crippen molar-refractivity contribution in [3.05, 3.63) is 139 Å². The summed E-state index contributed by atoms with van der Waals surface area (Å²) in [5, 5.41) is 5.33. The minimum absolute atomic E-state index is 0.0158. The normalized spacial score (nSPS) is 15.2. The van der Waals surface area contributed by atoms with Gasteiger partial charge in [0.1, 0.15) is 0 Å². The summed E-state index contributed by atoms with van der Waals surface area (Å²) in [5.74, 6) is 0. The molecule has 0 spiro atoms. The molecule has 0 unspecified atom stereocenters. The van der Waals surface area contributed by atoms with Crippen molar-refractivity contribution in [2.24, 2.45) is 0 Å². The van der Waals surface area contributed by atoms with Crippen LogP contribution >= 0.6 is 11.3 Å². The Bertz CT molecular complexity index is 2380. The fourth-order valence-corrected chi connectivity index (χ4v) is 8.81. The van der Waals surface area contributed by atoms with Gasteiger partial charge in [0.15, 0.2) is 0 Å². The fourth-order valence-electron chi connectivity index (χ4n) is 7.68. The van der Waals surface area contributed by atoms with Crippen LogP contribution in [0.1, 0.15) is 38.8 Å². The molecule has 0 fully saturated rings. The van der Waals surface area contributed by atoms with Gasteiger partial charge in [-0.1, -0.05) is 107 Å². The lowest BCUT2D eigenvalue weighted by atomic mass is 9.55. The van der Waals surface area contributed by atoms with Crippen LogP contribution < -0.4 is 0 Å². The monoisotopic (exact) mass is 583 g/mol. The maximum absolute atomic E-state index is 2.50. The van der Waals surface area contributed by atoms with E-state index in [1.54, 1.807) is 0 Å². The van der Waals surface area contributed by atoms with Crippen molar-refractivity contribution < 1.29 is 0 Å². The number of hydrogen-bond donors (Lipinski definition) is 0. The van der Waals surface area contributed by atoms with Gasteiger partial charge < -0.3 is 4.57 Å². The molecule has 0 radical (unpaired) electrons. The van der Waals surface area contributed by atoms with E-state index in [4.69, 9.17) is 0 Å². The van der Waals surface area contributed by atoms with Crippen LogP contribution in [0.25, 0.3) is 69.9 Å². The molecule has 212 valence electrons. The minimum Gasteiger partial charge on any atom is -0.309 e. The number of benzene rings is 6. The maximum Gasteiger partial charge on any atom is 0.0541 e. The Kier molecular flexibility index (Phi) is 5.24. The Morgan fingerprint density at radius 1 is 0.455 bits per heavy atom. The summed E-state index contributed by atoms with van der Waals surface area (Å²) in [6.07, 6.45) is 0. The van der Waals surface area contributed by atoms with Crippen LogP contribution in [0.3, 0.4) is 0 Å². The Morgan fingerprint density at radius 2 is 1.02 bits per heavy atom. The fraction of sp³-hybridized carbons (Fsp3) is 0.143. The zero-order valence-electron chi connectivity index (χ0n) is 25.5. The molecule has 44 heavy (non-hydrogen) atoms. The highest BCUT2D eigenvalue weighted by molar-refractivity contribution is 7.25. The second-order valence-corrected chi connectivity index (χ2v) is 14.5. The molecule has 0 bridgehead atoms. The van der Waals surface area contributed by atoms with Gasteiger partial charge in [-0.05, 0) is 92.7 Å². The van der Waals surface area contributed by atoms with E-state index < -0.39 is 0 Å². The summed E-state index contributed by atoms with van der Waals surface area (Å²) in [6, 6.07) is 47.5. The number of hydrogen-bond acceptors (Lipinski definition) is 1. The number of nitrogens with zero attached hydrogens (tertiary/aromatic N) is 1. The van der Waals surface area contributed by atoms with Crippen molar-refractivity contribution in [2.75, 3.05) is 0 Å². The van der Waals surface area contributed by atoms with Gasteiger partial charge in [0, 0.05) is 36.6 Å². The van der Waals surface area contributed by atoms with E-state index in [1.165, 1.54) is 81.0 Å². The van der Waals surface area contributed by atoms with Gasteiger partial charge in [0.2, 0.25) is 0 Å². The van der Waals surface area contributed by atoms with Gasteiger partial charge >= 0.3 is 0 Å². The average molecular weight is 584 g/mol. The topological polar surface area (TPSA) is 4.93 Å². The molecule has 2 heterocycles. The van der Waals surface area contributed by atoms with Gasteiger partial charge in [-0.15, -0.1) is 11.3 Å². The molecule has 0 atom stereocenters. The highest BCUT2D eigenvalue weighted by atomic mass is 32.1. The summed E-state index contributed by atoms with van der Waals surface area (Å²) < 4.78 is 5.12. The first-order valence-corrected chi connectivity index (χ1v) is 16.3. The van der Waals surface area contributed by atoms with Gasteiger partial charge in [0.25, 0.3) is 0 Å². The second kappa shape index (κ2) is 8.94. The van der Waals surface area contributed by atoms with Crippen LogP contribution in [0.5, 0.6) is 0 Å². The summed E-state index contributed by atoms with van der Waals surface area (Å²) in [7, 11) is 0. The van der Waals surface area contributed by atoms with E-state index in [1.807, 2.05) is 11.3 Å².